The van der Waals surface area contributed by atoms with Gasteiger partial charge in [0.15, 0.2) is 0 Å². The Morgan fingerprint density at radius 1 is 0.818 bits per heavy atom. The van der Waals surface area contributed by atoms with Crippen LogP contribution in [-0.4, -0.2) is 22.8 Å². The van der Waals surface area contributed by atoms with Crippen LogP contribution < -0.4 is 0 Å². The highest BCUT2D eigenvalue weighted by molar-refractivity contribution is 9.49. The third-order valence-electron chi connectivity index (χ3n) is 1.19. The topological polar surface area (TPSA) is 0 Å². The minimum atomic E-state index is -0.525. The zero-order chi connectivity index (χ0) is 9.28. The van der Waals surface area contributed by atoms with Crippen molar-refractivity contribution in [2.45, 2.75) is 36.6 Å². The molecule has 0 aliphatic carbocycles. The second kappa shape index (κ2) is 12.5. The molecule has 0 aliphatic heterocycles. The lowest BCUT2D eigenvalue weighted by atomic mass is 10.9. The van der Waals surface area contributed by atoms with Crippen molar-refractivity contribution < 1.29 is 0 Å². The molecule has 0 amide bonds. The molecule has 0 saturated carbocycles. The number of halogens is 3. The fraction of sp³-hybridized carbons (Fsp3) is 1.00. The maximum absolute atomic E-state index is 3.61. The molecule has 0 aromatic rings. The molecule has 0 saturated heterocycles. The van der Waals surface area contributed by atoms with Crippen LogP contribution in [0.3, 0.4) is 0 Å². The molecule has 5 heteroatoms. The van der Waals surface area contributed by atoms with Crippen molar-refractivity contribution in [3.05, 3.63) is 0 Å². The van der Waals surface area contributed by atoms with Crippen molar-refractivity contribution >= 4 is 65.0 Å². The zero-order valence-electron chi connectivity index (χ0n) is 7.41. The van der Waals surface area contributed by atoms with Gasteiger partial charge in [0.1, 0.15) is 0 Å². The Morgan fingerprint density at radius 3 is 1.09 bits per heavy atom. The molecular formula is C6H15Al2Br3. The molecule has 0 nitrogen and oxygen atoms in total. The van der Waals surface area contributed by atoms with Crippen LogP contribution in [0.1, 0.15) is 20.8 Å². The fourth-order valence-electron chi connectivity index (χ4n) is 0.289. The molecule has 0 bridgehead atoms. The lowest BCUT2D eigenvalue weighted by Crippen LogP contribution is -1.94. The number of rotatable bonds is 3. The fourth-order valence-corrected chi connectivity index (χ4v) is 0.866. The summed E-state index contributed by atoms with van der Waals surface area (Å²) in [6.07, 6.45) is 0. The first kappa shape index (κ1) is 16.0. The molecule has 0 atom stereocenters. The monoisotopic (exact) mass is 378 g/mol. The molecule has 0 rings (SSSR count). The summed E-state index contributed by atoms with van der Waals surface area (Å²) >= 11 is 10.1. The smallest absolute Gasteiger partial charge is 0.217 e. The van der Waals surface area contributed by atoms with Crippen LogP contribution in [0, 0.1) is 0 Å². The highest BCUT2D eigenvalue weighted by atomic mass is 79.9. The van der Waals surface area contributed by atoms with Gasteiger partial charge < -0.3 is 0 Å². The van der Waals surface area contributed by atoms with Gasteiger partial charge in [-0.25, -0.2) is 14.1 Å². The Balaban J connectivity index is 0. The standard InChI is InChI=1S/3C2H5.2Al.3BrH/c3*1-2;;;;;/h3*1H2,2H3;;;3*1H/q;;;+1;+2;;;/p-3. The first-order valence-corrected chi connectivity index (χ1v) is 16.0. The largest absolute Gasteiger partial charge is 0.455 e. The van der Waals surface area contributed by atoms with Gasteiger partial charge >= 0.3 is 22.8 Å². The predicted octanol–water partition coefficient (Wildman–Crippen LogP) is 4.70. The van der Waals surface area contributed by atoms with E-state index in [9.17, 15) is 0 Å². The maximum Gasteiger partial charge on any atom is 0.455 e. The van der Waals surface area contributed by atoms with E-state index >= 15 is 0 Å². The van der Waals surface area contributed by atoms with Crippen molar-refractivity contribution in [1.82, 2.24) is 0 Å². The Bertz CT molecular complexity index is 66.8. The van der Waals surface area contributed by atoms with Crippen LogP contribution in [-0.2, 0) is 0 Å². The molecule has 0 unspecified atom stereocenters. The van der Waals surface area contributed by atoms with E-state index in [4.69, 9.17) is 0 Å². The maximum atomic E-state index is 3.61. The van der Waals surface area contributed by atoms with Gasteiger partial charge in [0.25, 0.3) is 0 Å². The third-order valence-corrected chi connectivity index (χ3v) is 11.4. The van der Waals surface area contributed by atoms with Gasteiger partial charge in [-0.3, -0.25) is 0 Å². The quantitative estimate of drug-likeness (QED) is 0.623. The number of hydrogen-bond acceptors (Lipinski definition) is 0. The lowest BCUT2D eigenvalue weighted by Gasteiger charge is -1.87. The first-order valence-electron chi connectivity index (χ1n) is 4.00. The molecule has 0 radical (unpaired) electrons. The Morgan fingerprint density at radius 2 is 1.09 bits per heavy atom. The summed E-state index contributed by atoms with van der Waals surface area (Å²) in [5.41, 5.74) is 0. The van der Waals surface area contributed by atoms with E-state index in [1.165, 1.54) is 15.8 Å². The Hall–Kier alpha value is 2.50. The normalized spacial score (nSPS) is 8.18. The third kappa shape index (κ3) is 19.1. The van der Waals surface area contributed by atoms with Crippen LogP contribution in [0.2, 0.25) is 15.8 Å². The summed E-state index contributed by atoms with van der Waals surface area (Å²) in [4.78, 5) is 0. The average Bonchev–Trinajstić information content (AvgIpc) is 2.04. The molecule has 0 aromatic carbocycles. The van der Waals surface area contributed by atoms with Crippen molar-refractivity contribution in [2.24, 2.45) is 0 Å². The molecule has 0 fully saturated rings. The first-order chi connectivity index (χ1) is 5.08. The van der Waals surface area contributed by atoms with Gasteiger partial charge in [0.2, 0.25) is 0 Å². The van der Waals surface area contributed by atoms with Gasteiger partial charge in [-0.2, -0.15) is 28.1 Å². The van der Waals surface area contributed by atoms with Crippen LogP contribution in [0.4, 0.5) is 0 Å². The van der Waals surface area contributed by atoms with Crippen LogP contribution >= 0.6 is 42.2 Å². The zero-order valence-corrected chi connectivity index (χ0v) is 14.5. The average molecular weight is 381 g/mol. The van der Waals surface area contributed by atoms with E-state index < -0.39 is 10.5 Å². The molecule has 0 aliphatic rings. The van der Waals surface area contributed by atoms with Gasteiger partial charge in [0.05, 0.1) is 0 Å². The molecule has 11 heavy (non-hydrogen) atoms. The predicted molar refractivity (Wildman–Crippen MR) is 69.7 cm³/mol. The summed E-state index contributed by atoms with van der Waals surface area (Å²) in [5, 5.41) is 4.05. The van der Waals surface area contributed by atoms with Crippen molar-refractivity contribution in [3.8, 4) is 0 Å². The van der Waals surface area contributed by atoms with E-state index in [0.717, 1.165) is 0 Å². The van der Waals surface area contributed by atoms with Crippen LogP contribution in [0.25, 0.3) is 0 Å². The summed E-state index contributed by atoms with van der Waals surface area (Å²) in [5.74, 6) is 0. The molecule has 0 N–H and O–H groups in total. The summed E-state index contributed by atoms with van der Waals surface area (Å²) < 4.78 is 0. The van der Waals surface area contributed by atoms with Crippen LogP contribution in [0.5, 0.6) is 0 Å². The SMILES string of the molecule is C[CH2][Al]([Br])[Br].C[CH2][Al]([Br])[CH2]C. The van der Waals surface area contributed by atoms with Crippen LogP contribution in [0.15, 0.2) is 0 Å². The van der Waals surface area contributed by atoms with Crippen molar-refractivity contribution in [1.29, 1.82) is 0 Å². The minimum absolute atomic E-state index is 0.348. The van der Waals surface area contributed by atoms with E-state index in [2.05, 4.69) is 62.9 Å². The van der Waals surface area contributed by atoms with Gasteiger partial charge in [-0.15, -0.1) is 0 Å². The lowest BCUT2D eigenvalue weighted by molar-refractivity contribution is 1.35. The molecule has 0 heterocycles. The summed E-state index contributed by atoms with van der Waals surface area (Å²) in [6, 6.07) is 0. The second-order valence-electron chi connectivity index (χ2n) is 2.21. The molecule has 66 valence electrons. The van der Waals surface area contributed by atoms with Crippen molar-refractivity contribution in [3.63, 3.8) is 0 Å². The Kier molecular flexibility index (Phi) is 18.1. The second-order valence-corrected chi connectivity index (χ2v) is 20.8. The van der Waals surface area contributed by atoms with E-state index in [0.29, 0.717) is 0 Å². The van der Waals surface area contributed by atoms with Crippen molar-refractivity contribution in [2.75, 3.05) is 0 Å². The highest BCUT2D eigenvalue weighted by Gasteiger charge is 2.03. The van der Waals surface area contributed by atoms with Gasteiger partial charge in [-0.1, -0.05) is 36.6 Å². The minimum Gasteiger partial charge on any atom is -0.217 e. The van der Waals surface area contributed by atoms with E-state index in [-0.39, 0.29) is 12.3 Å². The summed E-state index contributed by atoms with van der Waals surface area (Å²) in [7, 11) is -0.525. The molecular weight excluding hydrogens is 366 g/mol. The van der Waals surface area contributed by atoms with Gasteiger partial charge in [-0.05, 0) is 0 Å². The Labute approximate surface area is 100 Å². The van der Waals surface area contributed by atoms with E-state index in [1.54, 1.807) is 0 Å². The highest BCUT2D eigenvalue weighted by Crippen LogP contribution is 2.05. The summed E-state index contributed by atoms with van der Waals surface area (Å²) in [6.45, 7) is 6.66. The number of hydrogen-bond donors (Lipinski definition) is 0. The van der Waals surface area contributed by atoms with Gasteiger partial charge in [0, 0.05) is 0 Å². The molecule has 0 spiro atoms. The van der Waals surface area contributed by atoms with E-state index in [1.807, 2.05) is 0 Å². The molecule has 0 aromatic heterocycles.